The average Bonchev–Trinajstić information content (AvgIpc) is 3.84. The van der Waals surface area contributed by atoms with Crippen LogP contribution in [-0.4, -0.2) is 134 Å². The molecule has 4 aromatic carbocycles. The number of benzene rings is 4. The Morgan fingerprint density at radius 2 is 1.25 bits per heavy atom. The molecule has 0 spiro atoms. The summed E-state index contributed by atoms with van der Waals surface area (Å²) in [5.74, 6) is 2.44. The highest BCUT2D eigenvalue weighted by Crippen LogP contribution is 2.38. The number of likely N-dealkylation sites (N-methyl/N-ethyl adjacent to an activating group) is 1. The number of aromatic nitrogens is 5. The summed E-state index contributed by atoms with van der Waals surface area (Å²) in [6, 6.07) is 28.3. The van der Waals surface area contributed by atoms with E-state index in [0.29, 0.717) is 40.4 Å². The standard InChI is InChI=1S/C29H40N8O3S.C25H26ClN5O/c1-21(2)41(38,39)27-8-6-5-7-25(27)33-29-31-20-30-28(34-29)32-24-10-9-23(19-26(24)40-4)36-13-11-22(12-14-36)37-17-15-35(3)16-18-37;1-32-23-14-18(31-12-10-17(27)11-13-31)7-9-22(23)29-25-28-15-21(26)24(30-25)20-8-6-16-4-2-3-5-19(16)20/h5-10,19-22H,11-18H2,1-4H3,(H2,30,31,32,33,34);2-5,7-9,14-15,17H,6,10-13,27H2,1H3,(H,28,29,30). The molecule has 5 heterocycles. The number of nitrogens with one attached hydrogen (secondary N) is 3. The van der Waals surface area contributed by atoms with Gasteiger partial charge in [-0.1, -0.05) is 54.1 Å². The molecule has 73 heavy (non-hydrogen) atoms. The van der Waals surface area contributed by atoms with Gasteiger partial charge in [-0.3, -0.25) is 4.90 Å². The number of para-hydroxylation sites is 1. The smallest absolute Gasteiger partial charge is 0.232 e. The van der Waals surface area contributed by atoms with Crippen LogP contribution in [0.3, 0.4) is 0 Å². The van der Waals surface area contributed by atoms with Crippen LogP contribution >= 0.6 is 11.6 Å². The second-order valence-electron chi connectivity index (χ2n) is 19.1. The second-order valence-corrected chi connectivity index (χ2v) is 22.0. The van der Waals surface area contributed by atoms with Crippen molar-refractivity contribution >= 4 is 73.3 Å². The van der Waals surface area contributed by atoms with Gasteiger partial charge in [-0.15, -0.1) is 0 Å². The van der Waals surface area contributed by atoms with Crippen molar-refractivity contribution < 1.29 is 17.9 Å². The Labute approximate surface area is 434 Å². The first kappa shape index (κ1) is 51.3. The topological polar surface area (TPSA) is 192 Å². The number of nitrogens with zero attached hydrogens (tertiary/aromatic N) is 9. The molecule has 0 amide bonds. The van der Waals surface area contributed by atoms with Crippen molar-refractivity contribution in [1.29, 1.82) is 0 Å². The number of piperidine rings is 2. The summed E-state index contributed by atoms with van der Waals surface area (Å²) >= 11 is 6.49. The van der Waals surface area contributed by atoms with E-state index in [1.165, 1.54) is 17.5 Å². The van der Waals surface area contributed by atoms with E-state index >= 15 is 0 Å². The van der Waals surface area contributed by atoms with Gasteiger partial charge < -0.3 is 45.9 Å². The number of sulfone groups is 1. The third kappa shape index (κ3) is 12.1. The van der Waals surface area contributed by atoms with E-state index in [9.17, 15) is 8.42 Å². The molecule has 1 aliphatic carbocycles. The molecule has 3 aliphatic heterocycles. The fourth-order valence-electron chi connectivity index (χ4n) is 9.77. The lowest BCUT2D eigenvalue weighted by molar-refractivity contribution is 0.0982. The molecule has 0 unspecified atom stereocenters. The van der Waals surface area contributed by atoms with Crippen LogP contribution in [0.25, 0.3) is 5.57 Å². The van der Waals surface area contributed by atoms with Crippen LogP contribution in [0, 0.1) is 0 Å². The molecule has 3 saturated heterocycles. The second kappa shape index (κ2) is 23.1. The summed E-state index contributed by atoms with van der Waals surface area (Å²) in [6.07, 6.45) is 10.4. The quantitative estimate of drug-likeness (QED) is 0.0810. The summed E-state index contributed by atoms with van der Waals surface area (Å²) in [4.78, 5) is 32.1. The molecule has 0 bridgehead atoms. The highest BCUT2D eigenvalue weighted by atomic mass is 35.5. The number of hydrogen-bond acceptors (Lipinski definition) is 17. The summed E-state index contributed by atoms with van der Waals surface area (Å²) in [5, 5.41) is 9.55. The Hall–Kier alpha value is -6.57. The lowest BCUT2D eigenvalue weighted by Gasteiger charge is -2.42. The Morgan fingerprint density at radius 1 is 0.685 bits per heavy atom. The number of methoxy groups -OCH3 is 2. The third-order valence-corrected chi connectivity index (χ3v) is 16.6. The lowest BCUT2D eigenvalue weighted by atomic mass is 10.0. The van der Waals surface area contributed by atoms with Crippen molar-refractivity contribution in [3.05, 3.63) is 125 Å². The lowest BCUT2D eigenvalue weighted by Crippen LogP contribution is -2.52. The van der Waals surface area contributed by atoms with Crippen molar-refractivity contribution in [3.8, 4) is 11.5 Å². The van der Waals surface area contributed by atoms with E-state index < -0.39 is 15.1 Å². The minimum Gasteiger partial charge on any atom is -0.494 e. The van der Waals surface area contributed by atoms with Crippen molar-refractivity contribution in [2.75, 3.05) is 99.4 Å². The maximum atomic E-state index is 12.8. The zero-order chi connectivity index (χ0) is 51.1. The van der Waals surface area contributed by atoms with Crippen LogP contribution in [-0.2, 0) is 16.3 Å². The molecule has 0 atom stereocenters. The first-order valence-corrected chi connectivity index (χ1v) is 27.0. The number of ether oxygens (including phenoxy) is 2. The number of rotatable bonds is 14. The summed E-state index contributed by atoms with van der Waals surface area (Å²) in [6.45, 7) is 11.9. The van der Waals surface area contributed by atoms with Crippen molar-refractivity contribution in [2.45, 2.75) is 68.2 Å². The van der Waals surface area contributed by atoms with Crippen LogP contribution in [0.2, 0.25) is 5.02 Å². The monoisotopic (exact) mass is 1030 g/mol. The average molecular weight is 1030 g/mol. The van der Waals surface area contributed by atoms with Gasteiger partial charge in [-0.2, -0.15) is 4.98 Å². The molecule has 10 rings (SSSR count). The van der Waals surface area contributed by atoms with E-state index in [1.54, 1.807) is 58.5 Å². The highest BCUT2D eigenvalue weighted by Gasteiger charge is 2.28. The summed E-state index contributed by atoms with van der Waals surface area (Å²) < 4.78 is 37.1. The zero-order valence-corrected chi connectivity index (χ0v) is 43.8. The van der Waals surface area contributed by atoms with Gasteiger partial charge in [0.1, 0.15) is 17.8 Å². The van der Waals surface area contributed by atoms with Crippen LogP contribution in [0.1, 0.15) is 56.4 Å². The first-order valence-electron chi connectivity index (χ1n) is 25.1. The molecule has 4 aliphatic rings. The largest absolute Gasteiger partial charge is 0.494 e. The predicted molar refractivity (Wildman–Crippen MR) is 292 cm³/mol. The van der Waals surface area contributed by atoms with Crippen LogP contribution in [0.15, 0.2) is 108 Å². The zero-order valence-electron chi connectivity index (χ0n) is 42.3. The molecule has 5 N–H and O–H groups in total. The highest BCUT2D eigenvalue weighted by molar-refractivity contribution is 7.92. The van der Waals surface area contributed by atoms with Gasteiger partial charge in [-0.05, 0) is 101 Å². The maximum Gasteiger partial charge on any atom is 0.232 e. The number of anilines is 8. The minimum atomic E-state index is -3.49. The van der Waals surface area contributed by atoms with Gasteiger partial charge >= 0.3 is 0 Å². The Bertz CT molecular complexity index is 3010. The molecular formula is C54H66ClN13O4S. The number of halogens is 1. The molecule has 3 fully saturated rings. The van der Waals surface area contributed by atoms with E-state index in [0.717, 1.165) is 124 Å². The Morgan fingerprint density at radius 3 is 1.86 bits per heavy atom. The molecule has 0 saturated carbocycles. The maximum absolute atomic E-state index is 12.8. The first-order chi connectivity index (χ1) is 35.4. The van der Waals surface area contributed by atoms with Crippen molar-refractivity contribution in [2.24, 2.45) is 5.73 Å². The van der Waals surface area contributed by atoms with Crippen molar-refractivity contribution in [3.63, 3.8) is 0 Å². The Kier molecular flexibility index (Phi) is 16.2. The SMILES string of the molecule is COc1cc(N2CCC(N)CC2)ccc1Nc1ncc(Cl)c(C2=CCc3ccccc32)n1.COc1cc(N2CCC(N3CCN(C)CC3)CC2)ccc1Nc1ncnc(Nc2ccccc2S(=O)(=O)C(C)C)n1. The molecule has 17 nitrogen and oxygen atoms in total. The molecule has 19 heteroatoms. The fraction of sp³-hybridized carbons (Fsp3) is 0.389. The molecular weight excluding hydrogens is 962 g/mol. The number of hydrogen-bond donors (Lipinski definition) is 4. The molecule has 384 valence electrons. The van der Waals surface area contributed by atoms with E-state index in [-0.39, 0.29) is 10.8 Å². The van der Waals surface area contributed by atoms with Gasteiger partial charge in [0.15, 0.2) is 9.84 Å². The fourth-order valence-corrected chi connectivity index (χ4v) is 11.2. The van der Waals surface area contributed by atoms with Gasteiger partial charge in [0, 0.05) is 93.5 Å². The van der Waals surface area contributed by atoms with Gasteiger partial charge in [-0.25, -0.2) is 28.4 Å². The normalized spacial score (nSPS) is 16.8. The summed E-state index contributed by atoms with van der Waals surface area (Å²) in [5.41, 5.74) is 14.5. The minimum absolute atomic E-state index is 0.203. The number of allylic oxidation sites excluding steroid dienone is 1. The Balaban J connectivity index is 0.000000185. The number of nitrogens with two attached hydrogens (primary N) is 1. The molecule has 2 aromatic heterocycles. The van der Waals surface area contributed by atoms with Gasteiger partial charge in [0.2, 0.25) is 17.8 Å². The van der Waals surface area contributed by atoms with Gasteiger partial charge in [0.05, 0.1) is 58.3 Å². The van der Waals surface area contributed by atoms with Crippen LogP contribution < -0.4 is 41.0 Å². The van der Waals surface area contributed by atoms with Crippen LogP contribution in [0.4, 0.5) is 46.3 Å². The van der Waals surface area contributed by atoms with Crippen LogP contribution in [0.5, 0.6) is 11.5 Å². The molecule has 6 aromatic rings. The number of piperazine rings is 1. The molecule has 0 radical (unpaired) electrons. The third-order valence-electron chi connectivity index (χ3n) is 14.1. The predicted octanol–water partition coefficient (Wildman–Crippen LogP) is 8.56. The van der Waals surface area contributed by atoms with E-state index in [2.05, 4.69) is 98.9 Å². The van der Waals surface area contributed by atoms with Gasteiger partial charge in [0.25, 0.3) is 0 Å². The summed E-state index contributed by atoms with van der Waals surface area (Å²) in [7, 11) is 2.03. The van der Waals surface area contributed by atoms with Crippen molar-refractivity contribution in [1.82, 2.24) is 34.7 Å². The van der Waals surface area contributed by atoms with E-state index in [4.69, 9.17) is 31.8 Å². The number of fused-ring (bicyclic) bond motifs is 1. The van der Waals surface area contributed by atoms with E-state index in [1.807, 2.05) is 30.3 Å².